The van der Waals surface area contributed by atoms with E-state index in [9.17, 15) is 0 Å². The summed E-state index contributed by atoms with van der Waals surface area (Å²) in [6, 6.07) is 0. The number of nitrogens with one attached hydrogen (secondary N) is 1. The molecule has 2 heterocycles. The maximum Gasteiger partial charge on any atom is 0.157 e. The summed E-state index contributed by atoms with van der Waals surface area (Å²) < 4.78 is 5.31. The Hall–Kier alpha value is -1.00. The van der Waals surface area contributed by atoms with E-state index in [0.29, 0.717) is 0 Å². The second kappa shape index (κ2) is 5.56. The third-order valence-electron chi connectivity index (χ3n) is 3.24. The zero-order valence-electron chi connectivity index (χ0n) is 10.9. The SMILES string of the molecule is CCCc1nc(C(C)OC)nc2c1CCNC2. The minimum atomic E-state index is -0.0298. The van der Waals surface area contributed by atoms with Gasteiger partial charge in [-0.2, -0.15) is 0 Å². The van der Waals surface area contributed by atoms with Gasteiger partial charge in [-0.25, -0.2) is 9.97 Å². The van der Waals surface area contributed by atoms with E-state index in [1.54, 1.807) is 7.11 Å². The molecular weight excluding hydrogens is 214 g/mol. The molecule has 0 saturated heterocycles. The molecule has 0 aromatic carbocycles. The normalized spacial score (nSPS) is 16.6. The molecule has 4 nitrogen and oxygen atoms in total. The summed E-state index contributed by atoms with van der Waals surface area (Å²) in [6.07, 6.45) is 3.18. The summed E-state index contributed by atoms with van der Waals surface area (Å²) in [5, 5.41) is 3.36. The quantitative estimate of drug-likeness (QED) is 0.864. The Morgan fingerprint density at radius 2 is 2.24 bits per heavy atom. The molecule has 1 aliphatic rings. The number of aryl methyl sites for hydroxylation is 1. The average Bonchev–Trinajstić information content (AvgIpc) is 2.38. The van der Waals surface area contributed by atoms with E-state index < -0.39 is 0 Å². The molecule has 94 valence electrons. The van der Waals surface area contributed by atoms with Crippen molar-refractivity contribution in [1.82, 2.24) is 15.3 Å². The van der Waals surface area contributed by atoms with Gasteiger partial charge in [-0.3, -0.25) is 0 Å². The van der Waals surface area contributed by atoms with Gasteiger partial charge < -0.3 is 10.1 Å². The minimum absolute atomic E-state index is 0.0298. The van der Waals surface area contributed by atoms with Crippen molar-refractivity contribution in [1.29, 1.82) is 0 Å². The van der Waals surface area contributed by atoms with Crippen molar-refractivity contribution in [3.8, 4) is 0 Å². The van der Waals surface area contributed by atoms with Gasteiger partial charge in [0.1, 0.15) is 6.10 Å². The lowest BCUT2D eigenvalue weighted by molar-refractivity contribution is 0.111. The first-order chi connectivity index (χ1) is 8.26. The topological polar surface area (TPSA) is 47.0 Å². The second-order valence-electron chi connectivity index (χ2n) is 4.51. The van der Waals surface area contributed by atoms with Gasteiger partial charge in [-0.05, 0) is 31.9 Å². The van der Waals surface area contributed by atoms with Crippen molar-refractivity contribution in [2.45, 2.75) is 45.8 Å². The van der Waals surface area contributed by atoms with Gasteiger partial charge in [0.2, 0.25) is 0 Å². The Kier molecular flexibility index (Phi) is 4.07. The van der Waals surface area contributed by atoms with Gasteiger partial charge in [0.05, 0.1) is 5.69 Å². The second-order valence-corrected chi connectivity index (χ2v) is 4.51. The summed E-state index contributed by atoms with van der Waals surface area (Å²) in [6.45, 7) is 6.08. The molecule has 0 radical (unpaired) electrons. The average molecular weight is 235 g/mol. The van der Waals surface area contributed by atoms with Crippen LogP contribution in [0.25, 0.3) is 0 Å². The maximum atomic E-state index is 5.31. The van der Waals surface area contributed by atoms with E-state index >= 15 is 0 Å². The molecule has 1 aromatic heterocycles. The highest BCUT2D eigenvalue weighted by Crippen LogP contribution is 2.20. The van der Waals surface area contributed by atoms with Crippen LogP contribution in [0, 0.1) is 0 Å². The molecule has 0 amide bonds. The van der Waals surface area contributed by atoms with Crippen LogP contribution in [0.1, 0.15) is 49.1 Å². The fourth-order valence-corrected chi connectivity index (χ4v) is 2.19. The smallest absolute Gasteiger partial charge is 0.157 e. The predicted molar refractivity (Wildman–Crippen MR) is 66.9 cm³/mol. The van der Waals surface area contributed by atoms with Crippen molar-refractivity contribution >= 4 is 0 Å². The Labute approximate surface area is 103 Å². The maximum absolute atomic E-state index is 5.31. The van der Waals surface area contributed by atoms with Gasteiger partial charge in [0, 0.05) is 19.3 Å². The fourth-order valence-electron chi connectivity index (χ4n) is 2.19. The molecule has 1 atom stereocenters. The first kappa shape index (κ1) is 12.5. The van der Waals surface area contributed by atoms with E-state index in [1.807, 2.05) is 6.92 Å². The van der Waals surface area contributed by atoms with Crippen LogP contribution < -0.4 is 5.32 Å². The fraction of sp³-hybridized carbons (Fsp3) is 0.692. The van der Waals surface area contributed by atoms with Gasteiger partial charge >= 0.3 is 0 Å². The zero-order chi connectivity index (χ0) is 12.3. The first-order valence-corrected chi connectivity index (χ1v) is 6.38. The molecule has 4 heteroatoms. The molecule has 2 rings (SSSR count). The van der Waals surface area contributed by atoms with Crippen LogP contribution in [0.3, 0.4) is 0 Å². The molecular formula is C13H21N3O. The highest BCUT2D eigenvalue weighted by Gasteiger charge is 2.19. The van der Waals surface area contributed by atoms with Crippen LogP contribution in [0.2, 0.25) is 0 Å². The van der Waals surface area contributed by atoms with E-state index in [2.05, 4.69) is 22.2 Å². The summed E-state index contributed by atoms with van der Waals surface area (Å²) in [5.41, 5.74) is 3.74. The van der Waals surface area contributed by atoms with E-state index in [0.717, 1.165) is 43.9 Å². The highest BCUT2D eigenvalue weighted by atomic mass is 16.5. The Morgan fingerprint density at radius 1 is 1.41 bits per heavy atom. The van der Waals surface area contributed by atoms with Crippen LogP contribution in [0.5, 0.6) is 0 Å². The predicted octanol–water partition coefficient (Wildman–Crippen LogP) is 1.78. The van der Waals surface area contributed by atoms with Crippen molar-refractivity contribution in [2.24, 2.45) is 0 Å². The van der Waals surface area contributed by atoms with E-state index in [-0.39, 0.29) is 6.10 Å². The number of nitrogens with zero attached hydrogens (tertiary/aromatic N) is 2. The molecule has 0 fully saturated rings. The molecule has 1 aliphatic heterocycles. The third kappa shape index (κ3) is 2.64. The third-order valence-corrected chi connectivity index (χ3v) is 3.24. The number of hydrogen-bond acceptors (Lipinski definition) is 4. The Morgan fingerprint density at radius 3 is 2.94 bits per heavy atom. The van der Waals surface area contributed by atoms with E-state index in [1.165, 1.54) is 11.3 Å². The van der Waals surface area contributed by atoms with Crippen LogP contribution in [-0.2, 0) is 24.1 Å². The monoisotopic (exact) mass is 235 g/mol. The van der Waals surface area contributed by atoms with Crippen LogP contribution in [-0.4, -0.2) is 23.6 Å². The number of ether oxygens (including phenoxy) is 1. The standard InChI is InChI=1S/C13H21N3O/c1-4-5-11-10-6-7-14-8-12(10)16-13(15-11)9(2)17-3/h9,14H,4-8H2,1-3H3. The number of rotatable bonds is 4. The lowest BCUT2D eigenvalue weighted by Crippen LogP contribution is -2.27. The number of aromatic nitrogens is 2. The Balaban J connectivity index is 2.40. The molecule has 1 N–H and O–H groups in total. The van der Waals surface area contributed by atoms with Gasteiger partial charge in [0.15, 0.2) is 5.82 Å². The molecule has 1 unspecified atom stereocenters. The largest absolute Gasteiger partial charge is 0.374 e. The van der Waals surface area contributed by atoms with Gasteiger partial charge in [-0.15, -0.1) is 0 Å². The van der Waals surface area contributed by atoms with Crippen molar-refractivity contribution in [2.75, 3.05) is 13.7 Å². The molecule has 1 aromatic rings. The van der Waals surface area contributed by atoms with Crippen molar-refractivity contribution in [3.63, 3.8) is 0 Å². The molecule has 0 saturated carbocycles. The lowest BCUT2D eigenvalue weighted by Gasteiger charge is -2.21. The lowest BCUT2D eigenvalue weighted by atomic mass is 10.0. The number of fused-ring (bicyclic) bond motifs is 1. The molecule has 0 bridgehead atoms. The highest BCUT2D eigenvalue weighted by molar-refractivity contribution is 5.29. The Bertz CT molecular complexity index is 392. The van der Waals surface area contributed by atoms with Crippen LogP contribution in [0.4, 0.5) is 0 Å². The number of hydrogen-bond donors (Lipinski definition) is 1. The van der Waals surface area contributed by atoms with Crippen molar-refractivity contribution in [3.05, 3.63) is 22.8 Å². The van der Waals surface area contributed by atoms with Crippen LogP contribution in [0.15, 0.2) is 0 Å². The first-order valence-electron chi connectivity index (χ1n) is 6.38. The minimum Gasteiger partial charge on any atom is -0.374 e. The van der Waals surface area contributed by atoms with Gasteiger partial charge in [-0.1, -0.05) is 13.3 Å². The summed E-state index contributed by atoms with van der Waals surface area (Å²) in [5.74, 6) is 0.818. The van der Waals surface area contributed by atoms with Crippen LogP contribution >= 0.6 is 0 Å². The van der Waals surface area contributed by atoms with Gasteiger partial charge in [0.25, 0.3) is 0 Å². The van der Waals surface area contributed by atoms with Crippen molar-refractivity contribution < 1.29 is 4.74 Å². The summed E-state index contributed by atoms with van der Waals surface area (Å²) in [4.78, 5) is 9.31. The molecule has 17 heavy (non-hydrogen) atoms. The summed E-state index contributed by atoms with van der Waals surface area (Å²) in [7, 11) is 1.70. The zero-order valence-corrected chi connectivity index (χ0v) is 10.9. The molecule has 0 spiro atoms. The van der Waals surface area contributed by atoms with E-state index in [4.69, 9.17) is 4.74 Å². The summed E-state index contributed by atoms with van der Waals surface area (Å²) >= 11 is 0. The molecule has 0 aliphatic carbocycles. The number of methoxy groups -OCH3 is 1.